The minimum atomic E-state index is -4.75. The minimum Gasteiger partial charge on any atom is -0.449 e. The summed E-state index contributed by atoms with van der Waals surface area (Å²) in [5.74, 6) is -0.595. The molecule has 0 bridgehead atoms. The van der Waals surface area contributed by atoms with Gasteiger partial charge < -0.3 is 24.3 Å². The highest BCUT2D eigenvalue weighted by Crippen LogP contribution is 2.28. The van der Waals surface area contributed by atoms with Crippen LogP contribution in [0.3, 0.4) is 0 Å². The van der Waals surface area contributed by atoms with Gasteiger partial charge in [0.05, 0.1) is 6.61 Å². The van der Waals surface area contributed by atoms with Crippen molar-refractivity contribution in [2.75, 3.05) is 11.9 Å². The summed E-state index contributed by atoms with van der Waals surface area (Å²) in [5, 5.41) is 13.4. The Labute approximate surface area is 196 Å². The van der Waals surface area contributed by atoms with Crippen LogP contribution in [-0.4, -0.2) is 39.6 Å². The van der Waals surface area contributed by atoms with Crippen molar-refractivity contribution >= 4 is 17.6 Å². The highest BCUT2D eigenvalue weighted by molar-refractivity contribution is 5.85. The van der Waals surface area contributed by atoms with E-state index in [-0.39, 0.29) is 30.3 Å². The van der Waals surface area contributed by atoms with Gasteiger partial charge in [-0.1, -0.05) is 24.3 Å². The number of nitrogens with zero attached hydrogens (tertiary/aromatic N) is 3. The van der Waals surface area contributed by atoms with Gasteiger partial charge in [0, 0.05) is 30.1 Å². The zero-order valence-corrected chi connectivity index (χ0v) is 18.0. The lowest BCUT2D eigenvalue weighted by Crippen LogP contribution is -2.28. The number of nitrogens with one attached hydrogen (secondary N) is 1. The van der Waals surface area contributed by atoms with E-state index < -0.39 is 17.4 Å². The molecule has 1 N–H and O–H groups in total. The molecule has 0 aliphatic carbocycles. The lowest BCUT2D eigenvalue weighted by molar-refractivity contribution is -0.389. The lowest BCUT2D eigenvalue weighted by Gasteiger charge is -2.21. The van der Waals surface area contributed by atoms with Crippen molar-refractivity contribution in [1.82, 2.24) is 9.55 Å². The van der Waals surface area contributed by atoms with E-state index in [1.165, 1.54) is 30.5 Å². The molecule has 0 spiro atoms. The predicted molar refractivity (Wildman–Crippen MR) is 116 cm³/mol. The third kappa shape index (κ3) is 6.40. The molecule has 1 atom stereocenters. The summed E-state index contributed by atoms with van der Waals surface area (Å²) >= 11 is 0. The van der Waals surface area contributed by atoms with Crippen molar-refractivity contribution in [3.8, 4) is 22.9 Å². The van der Waals surface area contributed by atoms with E-state index in [9.17, 15) is 28.1 Å². The molecule has 1 amide bonds. The number of benzene rings is 2. The van der Waals surface area contributed by atoms with Crippen LogP contribution in [0.25, 0.3) is 11.1 Å². The molecule has 0 saturated carbocycles. The Kier molecular flexibility index (Phi) is 6.75. The number of fused-ring (bicyclic) bond motifs is 1. The number of ether oxygens (including phenoxy) is 3. The second kappa shape index (κ2) is 9.91. The number of aromatic nitrogens is 2. The van der Waals surface area contributed by atoms with Gasteiger partial charge in [-0.25, -0.2) is 4.79 Å². The normalized spacial score (nSPS) is 15.0. The summed E-state index contributed by atoms with van der Waals surface area (Å²) in [4.78, 5) is 26.1. The summed E-state index contributed by atoms with van der Waals surface area (Å²) < 4.78 is 53.0. The maximum absolute atomic E-state index is 12.3. The second-order valence-electron chi connectivity index (χ2n) is 7.56. The number of anilines is 1. The molecular formula is C22H19F3N4O6. The van der Waals surface area contributed by atoms with Crippen molar-refractivity contribution in [3.05, 3.63) is 64.8 Å². The average Bonchev–Trinajstić information content (AvgIpc) is 3.23. The third-order valence-corrected chi connectivity index (χ3v) is 5.10. The number of hydrogen-bond donors (Lipinski definition) is 1. The van der Waals surface area contributed by atoms with E-state index in [1.807, 2.05) is 0 Å². The molecule has 3 aromatic rings. The SMILES string of the molecule is O=C(Nc1ccc(-c2ccc(OC(F)(F)F)cc2)cc1)OCC[C@H]1CCn2cc([N+](=O)[O-])nc2O1. The molecule has 10 nitrogen and oxygen atoms in total. The van der Waals surface area contributed by atoms with Crippen LogP contribution in [0.15, 0.2) is 54.7 Å². The quantitative estimate of drug-likeness (QED) is 0.358. The van der Waals surface area contributed by atoms with E-state index in [1.54, 1.807) is 28.8 Å². The van der Waals surface area contributed by atoms with E-state index in [0.29, 0.717) is 30.6 Å². The van der Waals surface area contributed by atoms with Crippen LogP contribution in [-0.2, 0) is 11.3 Å². The van der Waals surface area contributed by atoms with E-state index >= 15 is 0 Å². The monoisotopic (exact) mass is 492 g/mol. The topological polar surface area (TPSA) is 118 Å². The number of rotatable bonds is 7. The first kappa shape index (κ1) is 23.9. The van der Waals surface area contributed by atoms with Crippen LogP contribution >= 0.6 is 0 Å². The Morgan fingerprint density at radius 1 is 1.17 bits per heavy atom. The first-order chi connectivity index (χ1) is 16.7. The summed E-state index contributed by atoms with van der Waals surface area (Å²) in [6.45, 7) is 0.585. The van der Waals surface area contributed by atoms with Crippen molar-refractivity contribution in [1.29, 1.82) is 0 Å². The zero-order chi connectivity index (χ0) is 25.0. The number of amides is 1. The molecule has 2 heterocycles. The van der Waals surface area contributed by atoms with Gasteiger partial charge in [-0.3, -0.25) is 9.88 Å². The molecule has 184 valence electrons. The molecule has 13 heteroatoms. The summed E-state index contributed by atoms with van der Waals surface area (Å²) in [6, 6.07) is 12.3. The van der Waals surface area contributed by atoms with Crippen molar-refractivity contribution in [3.63, 3.8) is 0 Å². The molecular weight excluding hydrogens is 473 g/mol. The standard InChI is InChI=1S/C22H19F3N4O6/c23-22(24,25)35-18-7-3-15(4-8-18)14-1-5-16(6-2-14)26-21(30)33-12-10-17-9-11-28-13-19(29(31)32)27-20(28)34-17/h1-8,13,17H,9-12H2,(H,26,30)/t17-/m1/s1. The summed E-state index contributed by atoms with van der Waals surface area (Å²) in [5.41, 5.74) is 1.88. The fourth-order valence-electron chi connectivity index (χ4n) is 3.45. The molecule has 2 aromatic carbocycles. The van der Waals surface area contributed by atoms with Gasteiger partial charge in [0.25, 0.3) is 0 Å². The van der Waals surface area contributed by atoms with Gasteiger partial charge in [-0.05, 0) is 40.3 Å². The summed E-state index contributed by atoms with van der Waals surface area (Å²) in [7, 11) is 0. The first-order valence-electron chi connectivity index (χ1n) is 10.4. The number of nitro groups is 1. The third-order valence-electron chi connectivity index (χ3n) is 5.10. The number of hydrogen-bond acceptors (Lipinski definition) is 7. The highest BCUT2D eigenvalue weighted by Gasteiger charge is 2.31. The van der Waals surface area contributed by atoms with Crippen LogP contribution < -0.4 is 14.8 Å². The fraction of sp³-hybridized carbons (Fsp3) is 0.273. The molecule has 0 radical (unpaired) electrons. The molecule has 0 unspecified atom stereocenters. The largest absolute Gasteiger partial charge is 0.573 e. The molecule has 1 aliphatic heterocycles. The van der Waals surface area contributed by atoms with Crippen LogP contribution in [0.2, 0.25) is 0 Å². The van der Waals surface area contributed by atoms with Crippen LogP contribution in [0.4, 0.5) is 29.5 Å². The van der Waals surface area contributed by atoms with Gasteiger partial charge in [-0.15, -0.1) is 13.2 Å². The van der Waals surface area contributed by atoms with E-state index in [0.717, 1.165) is 5.56 Å². The molecule has 4 rings (SSSR count). The van der Waals surface area contributed by atoms with Crippen LogP contribution in [0, 0.1) is 10.1 Å². The van der Waals surface area contributed by atoms with Gasteiger partial charge in [0.1, 0.15) is 18.1 Å². The number of aryl methyl sites for hydroxylation is 1. The Balaban J connectivity index is 1.23. The lowest BCUT2D eigenvalue weighted by atomic mass is 10.1. The zero-order valence-electron chi connectivity index (χ0n) is 18.0. The fourth-order valence-corrected chi connectivity index (χ4v) is 3.45. The maximum Gasteiger partial charge on any atom is 0.573 e. The smallest absolute Gasteiger partial charge is 0.449 e. The Bertz CT molecular complexity index is 1200. The Hall–Kier alpha value is -4.29. The van der Waals surface area contributed by atoms with Crippen molar-refractivity contribution < 1.29 is 37.1 Å². The van der Waals surface area contributed by atoms with Crippen LogP contribution in [0.1, 0.15) is 12.8 Å². The van der Waals surface area contributed by atoms with E-state index in [4.69, 9.17) is 9.47 Å². The number of carbonyl (C=O) groups excluding carboxylic acids is 1. The molecule has 1 aliphatic rings. The second-order valence-corrected chi connectivity index (χ2v) is 7.56. The molecule has 35 heavy (non-hydrogen) atoms. The molecule has 1 aromatic heterocycles. The number of alkyl halides is 3. The number of halogens is 3. The minimum absolute atomic E-state index is 0.0731. The highest BCUT2D eigenvalue weighted by atomic mass is 19.4. The molecule has 0 fully saturated rings. The molecule has 0 saturated heterocycles. The summed E-state index contributed by atoms with van der Waals surface area (Å²) in [6.07, 6.45) is -3.40. The average molecular weight is 492 g/mol. The Morgan fingerprint density at radius 3 is 2.46 bits per heavy atom. The maximum atomic E-state index is 12.3. The first-order valence-corrected chi connectivity index (χ1v) is 10.4. The van der Waals surface area contributed by atoms with Gasteiger partial charge in [0.2, 0.25) is 0 Å². The van der Waals surface area contributed by atoms with Gasteiger partial charge in [0.15, 0.2) is 0 Å². The number of imidazole rings is 1. The van der Waals surface area contributed by atoms with Crippen molar-refractivity contribution in [2.45, 2.75) is 31.9 Å². The van der Waals surface area contributed by atoms with Gasteiger partial charge in [-0.2, -0.15) is 0 Å². The van der Waals surface area contributed by atoms with Crippen molar-refractivity contribution in [2.24, 2.45) is 0 Å². The van der Waals surface area contributed by atoms with E-state index in [2.05, 4.69) is 15.0 Å². The Morgan fingerprint density at radius 2 is 1.83 bits per heavy atom. The van der Waals surface area contributed by atoms with Gasteiger partial charge >= 0.3 is 24.3 Å². The van der Waals surface area contributed by atoms with Crippen LogP contribution in [0.5, 0.6) is 11.8 Å². The predicted octanol–water partition coefficient (Wildman–Crippen LogP) is 5.15. The number of carbonyl (C=O) groups is 1.